The molecule has 244 valence electrons. The van der Waals surface area contributed by atoms with Crippen molar-refractivity contribution in [2.75, 3.05) is 39.5 Å². The first-order valence-corrected chi connectivity index (χ1v) is 16.6. The van der Waals surface area contributed by atoms with E-state index in [0.717, 1.165) is 24.0 Å². The van der Waals surface area contributed by atoms with Gasteiger partial charge in [-0.3, -0.25) is 9.59 Å². The van der Waals surface area contributed by atoms with Crippen LogP contribution in [0.2, 0.25) is 15.1 Å². The van der Waals surface area contributed by atoms with Crippen molar-refractivity contribution < 1.29 is 28.5 Å². The zero-order valence-corrected chi connectivity index (χ0v) is 27.7. The Kier molecular flexibility index (Phi) is 10.3. The first-order valence-electron chi connectivity index (χ1n) is 15.5. The van der Waals surface area contributed by atoms with Crippen LogP contribution in [0.25, 0.3) is 0 Å². The number of nitrogens with one attached hydrogen (secondary N) is 2. The van der Waals surface area contributed by atoms with E-state index < -0.39 is 5.92 Å². The second-order valence-electron chi connectivity index (χ2n) is 11.7. The first-order chi connectivity index (χ1) is 22.3. The van der Waals surface area contributed by atoms with E-state index in [1.54, 1.807) is 30.3 Å². The maximum atomic E-state index is 14.1. The monoisotopic (exact) mass is 687 g/mol. The molecule has 3 aromatic rings. The molecule has 2 amide bonds. The molecule has 2 aliphatic heterocycles. The van der Waals surface area contributed by atoms with Crippen molar-refractivity contribution in [3.05, 3.63) is 80.3 Å². The fourth-order valence-corrected chi connectivity index (χ4v) is 6.82. The summed E-state index contributed by atoms with van der Waals surface area (Å²) in [6.07, 6.45) is 2.53. The number of aryl methyl sites for hydroxylation is 1. The van der Waals surface area contributed by atoms with Crippen LogP contribution in [-0.2, 0) is 11.3 Å². The van der Waals surface area contributed by atoms with Crippen LogP contribution in [-0.4, -0.2) is 68.3 Å². The molecule has 0 bridgehead atoms. The maximum absolute atomic E-state index is 14.1. The minimum absolute atomic E-state index is 0.0135. The topological polar surface area (TPSA) is 98.4 Å². The van der Waals surface area contributed by atoms with Gasteiger partial charge in [-0.25, -0.2) is 0 Å². The molecule has 3 aromatic carbocycles. The fraction of sp³-hybridized carbons (Fsp3) is 0.412. The second-order valence-corrected chi connectivity index (χ2v) is 12.9. The quantitative estimate of drug-likeness (QED) is 0.236. The van der Waals surface area contributed by atoms with Crippen molar-refractivity contribution in [3.8, 4) is 23.0 Å². The maximum Gasteiger partial charge on any atom is 0.253 e. The minimum atomic E-state index is -0.424. The normalized spacial score (nSPS) is 18.9. The third kappa shape index (κ3) is 7.60. The zero-order valence-electron chi connectivity index (χ0n) is 25.5. The first kappa shape index (κ1) is 32.6. The highest BCUT2D eigenvalue weighted by Crippen LogP contribution is 2.38. The number of piperidine rings is 1. The average molecular weight is 689 g/mol. The van der Waals surface area contributed by atoms with Gasteiger partial charge in [-0.1, -0.05) is 46.9 Å². The number of ether oxygens (including phenoxy) is 4. The number of benzene rings is 3. The van der Waals surface area contributed by atoms with Gasteiger partial charge in [0, 0.05) is 30.7 Å². The van der Waals surface area contributed by atoms with E-state index in [-0.39, 0.29) is 42.1 Å². The van der Waals surface area contributed by atoms with Gasteiger partial charge in [0.15, 0.2) is 17.2 Å². The molecular weight excluding hydrogens is 653 g/mol. The molecule has 1 aliphatic carbocycles. The van der Waals surface area contributed by atoms with Crippen LogP contribution in [0.15, 0.2) is 48.5 Å². The Hall–Kier alpha value is -3.37. The highest BCUT2D eigenvalue weighted by Gasteiger charge is 2.41. The lowest BCUT2D eigenvalue weighted by Crippen LogP contribution is -2.55. The Balaban J connectivity index is 1.07. The van der Waals surface area contributed by atoms with Gasteiger partial charge in [0.1, 0.15) is 32.2 Å². The Bertz CT molecular complexity index is 1580. The molecule has 3 aliphatic rings. The number of carbonyl (C=O) groups excluding carboxylic acids is 2. The largest absolute Gasteiger partial charge is 0.490 e. The number of halogens is 3. The van der Waals surface area contributed by atoms with Crippen molar-refractivity contribution in [1.29, 1.82) is 0 Å². The van der Waals surface area contributed by atoms with Crippen LogP contribution >= 0.6 is 34.8 Å². The van der Waals surface area contributed by atoms with Crippen LogP contribution in [0, 0.1) is 12.8 Å². The molecule has 1 saturated carbocycles. The predicted molar refractivity (Wildman–Crippen MR) is 177 cm³/mol. The standard InChI is InChI=1S/C34H36Cl3N3O6/c1-20-15-27(36)32(28(37)16-20)46-13-11-43-23-7-8-24(26(35)17-23)33(41)39-29-9-10-38-18-25(29)34(42)40(22-5-6-22)19-21-3-2-4-30-31(21)45-14-12-44-30/h2-4,7-8,15-17,22,25,29,38H,5-6,9-14,18-19H2,1H3,(H,39,41). The van der Waals surface area contributed by atoms with E-state index in [4.69, 9.17) is 53.8 Å². The van der Waals surface area contributed by atoms with E-state index in [2.05, 4.69) is 10.6 Å². The number of fused-ring (bicyclic) bond motifs is 1. The molecule has 0 aromatic heterocycles. The van der Waals surface area contributed by atoms with Gasteiger partial charge in [0.2, 0.25) is 5.91 Å². The molecule has 2 atom stereocenters. The van der Waals surface area contributed by atoms with Gasteiger partial charge in [0.05, 0.1) is 26.5 Å². The number of nitrogens with zero attached hydrogens (tertiary/aromatic N) is 1. The number of carbonyl (C=O) groups is 2. The second kappa shape index (κ2) is 14.6. The summed E-state index contributed by atoms with van der Waals surface area (Å²) in [7, 11) is 0. The van der Waals surface area contributed by atoms with Crippen molar-refractivity contribution in [2.45, 2.75) is 44.8 Å². The van der Waals surface area contributed by atoms with E-state index in [0.29, 0.717) is 77.9 Å². The van der Waals surface area contributed by atoms with E-state index in [1.165, 1.54) is 0 Å². The summed E-state index contributed by atoms with van der Waals surface area (Å²) in [4.78, 5) is 29.4. The van der Waals surface area contributed by atoms with Crippen LogP contribution < -0.4 is 29.6 Å². The smallest absolute Gasteiger partial charge is 0.253 e. The summed E-state index contributed by atoms with van der Waals surface area (Å²) in [6, 6.07) is 14.1. The molecule has 46 heavy (non-hydrogen) atoms. The van der Waals surface area contributed by atoms with Crippen LogP contribution in [0.1, 0.15) is 40.7 Å². The number of hydrogen-bond donors (Lipinski definition) is 2. The van der Waals surface area contributed by atoms with Gasteiger partial charge in [-0.05, 0) is 74.7 Å². The van der Waals surface area contributed by atoms with Crippen molar-refractivity contribution in [3.63, 3.8) is 0 Å². The van der Waals surface area contributed by atoms with Crippen molar-refractivity contribution in [2.24, 2.45) is 5.92 Å². The zero-order chi connectivity index (χ0) is 32.2. The van der Waals surface area contributed by atoms with Crippen LogP contribution in [0.4, 0.5) is 0 Å². The van der Waals surface area contributed by atoms with E-state index in [1.807, 2.05) is 30.0 Å². The highest BCUT2D eigenvalue weighted by molar-refractivity contribution is 6.37. The molecule has 2 N–H and O–H groups in total. The number of para-hydroxylation sites is 1. The van der Waals surface area contributed by atoms with Gasteiger partial charge in [-0.15, -0.1) is 0 Å². The summed E-state index contributed by atoms with van der Waals surface area (Å²) in [5, 5.41) is 7.54. The Labute approximate surface area is 283 Å². The molecule has 2 unspecified atom stereocenters. The van der Waals surface area contributed by atoms with Crippen LogP contribution in [0.5, 0.6) is 23.0 Å². The lowest BCUT2D eigenvalue weighted by Gasteiger charge is -2.36. The number of amides is 2. The summed E-state index contributed by atoms with van der Waals surface area (Å²) in [5.74, 6) is 1.54. The van der Waals surface area contributed by atoms with Gasteiger partial charge >= 0.3 is 0 Å². The Morgan fingerprint density at radius 1 is 0.957 bits per heavy atom. The lowest BCUT2D eigenvalue weighted by molar-refractivity contribution is -0.138. The summed E-state index contributed by atoms with van der Waals surface area (Å²) < 4.78 is 23.2. The van der Waals surface area contributed by atoms with Crippen molar-refractivity contribution in [1.82, 2.24) is 15.5 Å². The highest BCUT2D eigenvalue weighted by atomic mass is 35.5. The SMILES string of the molecule is Cc1cc(Cl)c(OCCOc2ccc(C(=O)NC3CCNCC3C(=O)N(Cc3cccc4c3OCCO4)C3CC3)c(Cl)c2)c(Cl)c1. The molecule has 9 nitrogen and oxygen atoms in total. The minimum Gasteiger partial charge on any atom is -0.490 e. The third-order valence-corrected chi connectivity index (χ3v) is 9.18. The summed E-state index contributed by atoms with van der Waals surface area (Å²) >= 11 is 19.0. The average Bonchev–Trinajstić information content (AvgIpc) is 3.88. The van der Waals surface area contributed by atoms with Crippen molar-refractivity contribution >= 4 is 46.6 Å². The van der Waals surface area contributed by atoms with Gasteiger partial charge in [0.25, 0.3) is 5.91 Å². The molecule has 6 rings (SSSR count). The Morgan fingerprint density at radius 2 is 1.72 bits per heavy atom. The molecule has 1 saturated heterocycles. The van der Waals surface area contributed by atoms with Crippen LogP contribution in [0.3, 0.4) is 0 Å². The molecular formula is C34H36Cl3N3O6. The fourth-order valence-electron chi connectivity index (χ4n) is 5.86. The Morgan fingerprint density at radius 3 is 2.48 bits per heavy atom. The molecule has 0 radical (unpaired) electrons. The van der Waals surface area contributed by atoms with Gasteiger partial charge in [-0.2, -0.15) is 0 Å². The summed E-state index contributed by atoms with van der Waals surface area (Å²) in [6.45, 7) is 4.89. The number of rotatable bonds is 11. The molecule has 12 heteroatoms. The predicted octanol–water partition coefficient (Wildman–Crippen LogP) is 6.08. The molecule has 0 spiro atoms. The molecule has 2 heterocycles. The van der Waals surface area contributed by atoms with E-state index >= 15 is 0 Å². The van der Waals surface area contributed by atoms with Gasteiger partial charge < -0.3 is 34.5 Å². The number of hydrogen-bond acceptors (Lipinski definition) is 7. The third-order valence-electron chi connectivity index (χ3n) is 8.30. The van der Waals surface area contributed by atoms with E-state index in [9.17, 15) is 9.59 Å². The summed E-state index contributed by atoms with van der Waals surface area (Å²) in [5.41, 5.74) is 2.16. The molecule has 2 fully saturated rings. The lowest BCUT2D eigenvalue weighted by atomic mass is 9.91.